The second-order valence-corrected chi connectivity index (χ2v) is 13.2. The van der Waals surface area contributed by atoms with E-state index in [-0.39, 0.29) is 11.8 Å². The Labute approximate surface area is 317 Å². The average Bonchev–Trinajstić information content (AvgIpc) is 3.74. The van der Waals surface area contributed by atoms with Gasteiger partial charge in [-0.25, -0.2) is 20.8 Å². The minimum atomic E-state index is -0.410. The summed E-state index contributed by atoms with van der Waals surface area (Å²) in [5, 5.41) is 9.71. The summed E-state index contributed by atoms with van der Waals surface area (Å²) in [5.74, 6) is -1.37. The quantitative estimate of drug-likeness (QED) is 0.0681. The van der Waals surface area contributed by atoms with E-state index in [1.807, 2.05) is 36.4 Å². The summed E-state index contributed by atoms with van der Waals surface area (Å²) in [5.41, 5.74) is 20.4. The number of nitrogens with zero attached hydrogens (tertiary/aromatic N) is 6. The Balaban J connectivity index is 1.38. The van der Waals surface area contributed by atoms with Crippen LogP contribution in [-0.2, 0) is 9.59 Å². The molecule has 4 heterocycles. The Morgan fingerprint density at radius 3 is 1.31 bits per heavy atom. The van der Waals surface area contributed by atoms with Crippen molar-refractivity contribution in [1.29, 1.82) is 0 Å². The largest absolute Gasteiger partial charge is 0.274 e. The van der Waals surface area contributed by atoms with Crippen LogP contribution >= 0.6 is 22.7 Å². The highest BCUT2D eigenvalue weighted by Crippen LogP contribution is 2.25. The number of nitrogens with one attached hydrogen (secondary N) is 6. The molecule has 16 nitrogen and oxygen atoms in total. The highest BCUT2D eigenvalue weighted by molar-refractivity contribution is 7.18. The van der Waals surface area contributed by atoms with Crippen LogP contribution in [0.3, 0.4) is 0 Å². The van der Waals surface area contributed by atoms with Gasteiger partial charge in [0, 0.05) is 49.8 Å². The molecule has 0 fully saturated rings. The standard InChI is InChI=1S/C36H34N12O4S2/c1-21-31(53-35(39-21)47-41-23(3)49)29(43-45-33(51)27-13-17-37-18-14-27)11-9-25-5-7-26(8-6-25)10-12-30(44-46-34(52)28-15-19-38-20-16-28)32-22(2)40-36(54-32)48-42-24(4)50/h5-20H,1-4H3,(H,39,47)(H,40,48)(H,41,49)(H,42,50)(H,45,51)(H,46,52)/b11-9-,12-10+,43-29-,44-30+. The van der Waals surface area contributed by atoms with Gasteiger partial charge in [-0.15, -0.1) is 0 Å². The predicted molar refractivity (Wildman–Crippen MR) is 210 cm³/mol. The number of aromatic nitrogens is 4. The van der Waals surface area contributed by atoms with Gasteiger partial charge in [0.1, 0.15) is 11.4 Å². The van der Waals surface area contributed by atoms with Crippen LogP contribution in [0.2, 0.25) is 0 Å². The first-order chi connectivity index (χ1) is 26.0. The Hall–Kier alpha value is -6.92. The van der Waals surface area contributed by atoms with Crippen LogP contribution in [0, 0.1) is 13.8 Å². The van der Waals surface area contributed by atoms with Gasteiger partial charge in [0.2, 0.25) is 22.1 Å². The molecule has 4 aromatic heterocycles. The van der Waals surface area contributed by atoms with Crippen LogP contribution in [0.4, 0.5) is 10.3 Å². The molecule has 54 heavy (non-hydrogen) atoms. The molecule has 0 saturated heterocycles. The molecule has 274 valence electrons. The van der Waals surface area contributed by atoms with Crippen molar-refractivity contribution >= 4 is 80.1 Å². The van der Waals surface area contributed by atoms with E-state index in [1.165, 1.54) is 61.3 Å². The Kier molecular flexibility index (Phi) is 13.2. The van der Waals surface area contributed by atoms with Crippen molar-refractivity contribution in [2.45, 2.75) is 27.7 Å². The molecule has 4 amide bonds. The number of hydrazine groups is 2. The molecule has 0 atom stereocenters. The second-order valence-electron chi connectivity index (χ2n) is 11.2. The number of hydrogen-bond donors (Lipinski definition) is 6. The summed E-state index contributed by atoms with van der Waals surface area (Å²) in [6, 6.07) is 13.9. The topological polar surface area (TPSA) is 217 Å². The number of allylic oxidation sites excluding steroid dienone is 2. The molecule has 0 bridgehead atoms. The van der Waals surface area contributed by atoms with Gasteiger partial charge in [0.05, 0.1) is 21.1 Å². The molecule has 0 spiro atoms. The zero-order chi connectivity index (χ0) is 38.5. The van der Waals surface area contributed by atoms with E-state index >= 15 is 0 Å². The third kappa shape index (κ3) is 11.0. The Bertz CT molecular complexity index is 2090. The lowest BCUT2D eigenvalue weighted by Gasteiger charge is -2.04. The molecule has 1 aromatic carbocycles. The van der Waals surface area contributed by atoms with E-state index in [0.29, 0.717) is 54.0 Å². The van der Waals surface area contributed by atoms with Crippen LogP contribution in [0.25, 0.3) is 12.2 Å². The summed E-state index contributed by atoms with van der Waals surface area (Å²) in [6.07, 6.45) is 13.3. The first-order valence-corrected chi connectivity index (χ1v) is 17.7. The summed E-state index contributed by atoms with van der Waals surface area (Å²) >= 11 is 2.51. The lowest BCUT2D eigenvalue weighted by Crippen LogP contribution is -2.26. The van der Waals surface area contributed by atoms with Gasteiger partial charge >= 0.3 is 0 Å². The van der Waals surface area contributed by atoms with Gasteiger partial charge in [-0.1, -0.05) is 59.1 Å². The fraction of sp³-hybridized carbons (Fsp3) is 0.111. The lowest BCUT2D eigenvalue weighted by atomic mass is 10.1. The number of benzene rings is 1. The number of hydrazone groups is 2. The number of carbonyl (C=O) groups is 4. The summed E-state index contributed by atoms with van der Waals surface area (Å²) in [7, 11) is 0. The predicted octanol–water partition coefficient (Wildman–Crippen LogP) is 4.63. The van der Waals surface area contributed by atoms with E-state index in [0.717, 1.165) is 11.1 Å². The van der Waals surface area contributed by atoms with Crippen LogP contribution in [-0.4, -0.2) is 55.0 Å². The Morgan fingerprint density at radius 1 is 0.593 bits per heavy atom. The highest BCUT2D eigenvalue weighted by atomic mass is 32.1. The third-order valence-electron chi connectivity index (χ3n) is 6.99. The molecule has 0 saturated carbocycles. The number of amides is 4. The fourth-order valence-electron chi connectivity index (χ4n) is 4.41. The van der Waals surface area contributed by atoms with E-state index in [9.17, 15) is 19.2 Å². The summed E-state index contributed by atoms with van der Waals surface area (Å²) < 4.78 is 0. The van der Waals surface area contributed by atoms with Crippen LogP contribution in [0.5, 0.6) is 0 Å². The van der Waals surface area contributed by atoms with E-state index in [4.69, 9.17) is 0 Å². The van der Waals surface area contributed by atoms with Crippen molar-refractivity contribution in [3.8, 4) is 0 Å². The maximum atomic E-state index is 12.8. The van der Waals surface area contributed by atoms with Crippen LogP contribution in [0.15, 0.2) is 95.7 Å². The van der Waals surface area contributed by atoms with E-state index < -0.39 is 11.8 Å². The number of thiazole rings is 2. The maximum absolute atomic E-state index is 12.8. The van der Waals surface area contributed by atoms with Gasteiger partial charge in [0.25, 0.3) is 11.8 Å². The number of anilines is 2. The van der Waals surface area contributed by atoms with Crippen molar-refractivity contribution in [2.24, 2.45) is 10.2 Å². The lowest BCUT2D eigenvalue weighted by molar-refractivity contribution is -0.119. The normalized spacial score (nSPS) is 11.7. The Morgan fingerprint density at radius 2 is 0.963 bits per heavy atom. The number of rotatable bonds is 14. The van der Waals surface area contributed by atoms with Gasteiger partial charge in [0.15, 0.2) is 0 Å². The number of carbonyl (C=O) groups excluding carboxylic acids is 4. The first kappa shape index (κ1) is 38.3. The molecule has 5 aromatic rings. The van der Waals surface area contributed by atoms with E-state index in [1.54, 1.807) is 50.3 Å². The first-order valence-electron chi connectivity index (χ1n) is 16.1. The van der Waals surface area contributed by atoms with Crippen molar-refractivity contribution in [3.63, 3.8) is 0 Å². The molecular formula is C36H34N12O4S2. The molecule has 0 unspecified atom stereocenters. The smallest absolute Gasteiger partial charge is 0.271 e. The fourth-order valence-corrected chi connectivity index (χ4v) is 6.19. The summed E-state index contributed by atoms with van der Waals surface area (Å²) in [6.45, 7) is 6.36. The molecule has 0 aliphatic carbocycles. The molecular weight excluding hydrogens is 729 g/mol. The maximum Gasteiger partial charge on any atom is 0.271 e. The van der Waals surface area contributed by atoms with Gasteiger partial charge in [-0.2, -0.15) is 10.2 Å². The molecule has 6 N–H and O–H groups in total. The molecule has 0 aliphatic heterocycles. The minimum Gasteiger partial charge on any atom is -0.274 e. The van der Waals surface area contributed by atoms with E-state index in [2.05, 4.69) is 62.7 Å². The van der Waals surface area contributed by atoms with Crippen molar-refractivity contribution in [1.82, 2.24) is 41.6 Å². The van der Waals surface area contributed by atoms with Crippen LogP contribution < -0.4 is 32.6 Å². The zero-order valence-corrected chi connectivity index (χ0v) is 31.0. The molecule has 5 rings (SSSR count). The summed E-state index contributed by atoms with van der Waals surface area (Å²) in [4.78, 5) is 66.5. The average molecular weight is 763 g/mol. The van der Waals surface area contributed by atoms with Crippen molar-refractivity contribution < 1.29 is 19.2 Å². The monoisotopic (exact) mass is 762 g/mol. The number of hydrogen-bond acceptors (Lipinski definition) is 14. The SMILES string of the molecule is CC(=O)NNc1nc(C)c(C(/C=C\c2ccc(/C=C/C(=N\NC(=O)c3ccncc3)c3sc(NNC(C)=O)nc3C)cc2)=N\NC(=O)c2ccncc2)s1. The molecule has 18 heteroatoms. The van der Waals surface area contributed by atoms with Gasteiger partial charge in [-0.3, -0.25) is 50.8 Å². The van der Waals surface area contributed by atoms with Crippen molar-refractivity contribution in [3.05, 3.63) is 129 Å². The minimum absolute atomic E-state index is 0.277. The second kappa shape index (κ2) is 18.5. The molecule has 0 radical (unpaired) electrons. The highest BCUT2D eigenvalue weighted by Gasteiger charge is 2.15. The van der Waals surface area contributed by atoms with Gasteiger partial charge < -0.3 is 0 Å². The number of pyridine rings is 2. The third-order valence-corrected chi connectivity index (χ3v) is 9.18. The van der Waals surface area contributed by atoms with Crippen molar-refractivity contribution in [2.75, 3.05) is 10.9 Å². The number of aryl methyl sites for hydroxylation is 2. The molecule has 0 aliphatic rings. The van der Waals surface area contributed by atoms with Gasteiger partial charge in [-0.05, 0) is 61.4 Å². The van der Waals surface area contributed by atoms with Crippen LogP contribution in [0.1, 0.15) is 66.8 Å². The zero-order valence-electron chi connectivity index (χ0n) is 29.4.